The summed E-state index contributed by atoms with van der Waals surface area (Å²) in [6.07, 6.45) is 6.45. The zero-order chi connectivity index (χ0) is 21.8. The Hall–Kier alpha value is -2.74. The molecule has 2 heterocycles. The van der Waals surface area contributed by atoms with E-state index in [1.807, 2.05) is 28.8 Å². The molecule has 3 aromatic rings. The summed E-state index contributed by atoms with van der Waals surface area (Å²) in [4.78, 5) is 12.5. The van der Waals surface area contributed by atoms with E-state index in [0.717, 1.165) is 11.8 Å². The van der Waals surface area contributed by atoms with Crippen molar-refractivity contribution in [3.63, 3.8) is 0 Å². The third-order valence-electron chi connectivity index (χ3n) is 5.77. The van der Waals surface area contributed by atoms with Gasteiger partial charge in [-0.15, -0.1) is 16.8 Å². The second kappa shape index (κ2) is 9.60. The van der Waals surface area contributed by atoms with Crippen molar-refractivity contribution in [1.29, 1.82) is 0 Å². The van der Waals surface area contributed by atoms with Crippen LogP contribution < -0.4 is 10.1 Å². The number of carbonyl (C=O) groups is 1. The van der Waals surface area contributed by atoms with Crippen LogP contribution in [0.15, 0.2) is 46.5 Å². The van der Waals surface area contributed by atoms with Crippen LogP contribution >= 0.6 is 11.8 Å². The van der Waals surface area contributed by atoms with Crippen LogP contribution in [0, 0.1) is 5.92 Å². The van der Waals surface area contributed by atoms with Crippen LogP contribution in [0.4, 0.5) is 0 Å². The average molecular weight is 441 g/mol. The lowest BCUT2D eigenvalue weighted by atomic mass is 9.86. The molecule has 1 fully saturated rings. The Balaban J connectivity index is 1.51. The molecule has 0 radical (unpaired) electrons. The molecule has 1 aliphatic rings. The van der Waals surface area contributed by atoms with Crippen molar-refractivity contribution < 1.29 is 13.9 Å². The zero-order valence-electron chi connectivity index (χ0n) is 18.0. The van der Waals surface area contributed by atoms with Gasteiger partial charge >= 0.3 is 0 Å². The number of carbonyl (C=O) groups excluding carboxylic acids is 1. The van der Waals surface area contributed by atoms with Gasteiger partial charge in [-0.05, 0) is 30.9 Å². The first kappa shape index (κ1) is 21.5. The molecule has 8 heteroatoms. The fourth-order valence-corrected chi connectivity index (χ4v) is 4.85. The standard InChI is InChI=1S/C23H28N4O3S/c1-4-12-27-22(19-13-16-9-7-11-18(29-3)21(16)30-19)25-26-23(27)31-14-20(28)24-17-10-6-5-8-15(17)2/h4,7,9,11,13,15,17H,1,5-6,8,10,12,14H2,2-3H3,(H,24,28)/t15-,17-/m1/s1. The molecule has 4 rings (SSSR count). The van der Waals surface area contributed by atoms with Crippen molar-refractivity contribution in [3.8, 4) is 17.3 Å². The highest BCUT2D eigenvalue weighted by Crippen LogP contribution is 2.34. The van der Waals surface area contributed by atoms with Gasteiger partial charge in [0.15, 0.2) is 22.2 Å². The third kappa shape index (κ3) is 4.63. The molecule has 0 bridgehead atoms. The quantitative estimate of drug-likeness (QED) is 0.405. The molecule has 0 spiro atoms. The molecule has 1 saturated carbocycles. The van der Waals surface area contributed by atoms with E-state index in [4.69, 9.17) is 9.15 Å². The van der Waals surface area contributed by atoms with Crippen molar-refractivity contribution >= 4 is 28.6 Å². The predicted molar refractivity (Wildman–Crippen MR) is 122 cm³/mol. The van der Waals surface area contributed by atoms with E-state index in [1.165, 1.54) is 31.0 Å². The monoisotopic (exact) mass is 440 g/mol. The van der Waals surface area contributed by atoms with Gasteiger partial charge in [0.2, 0.25) is 11.7 Å². The Kier molecular flexibility index (Phi) is 6.65. The number of furan rings is 1. The highest BCUT2D eigenvalue weighted by atomic mass is 32.2. The number of nitrogens with zero attached hydrogens (tertiary/aromatic N) is 3. The third-order valence-corrected chi connectivity index (χ3v) is 6.73. The molecule has 2 aromatic heterocycles. The molecule has 31 heavy (non-hydrogen) atoms. The first-order chi connectivity index (χ1) is 15.1. The van der Waals surface area contributed by atoms with Crippen LogP contribution in [0.3, 0.4) is 0 Å². The van der Waals surface area contributed by atoms with E-state index in [0.29, 0.717) is 46.3 Å². The van der Waals surface area contributed by atoms with Crippen LogP contribution in [0.2, 0.25) is 0 Å². The molecule has 0 aliphatic heterocycles. The Morgan fingerprint density at radius 1 is 1.39 bits per heavy atom. The number of nitrogens with one attached hydrogen (secondary N) is 1. The van der Waals surface area contributed by atoms with Gasteiger partial charge in [0.25, 0.3) is 0 Å². The van der Waals surface area contributed by atoms with Gasteiger partial charge in [-0.3, -0.25) is 9.36 Å². The maximum atomic E-state index is 12.5. The molecule has 1 N–H and O–H groups in total. The van der Waals surface area contributed by atoms with Crippen LogP contribution in [0.25, 0.3) is 22.6 Å². The normalized spacial score (nSPS) is 18.8. The number of ether oxygens (including phenoxy) is 1. The van der Waals surface area contributed by atoms with Gasteiger partial charge < -0.3 is 14.5 Å². The molecule has 1 aromatic carbocycles. The molecular weight excluding hydrogens is 412 g/mol. The fraction of sp³-hybridized carbons (Fsp3) is 0.435. The van der Waals surface area contributed by atoms with E-state index >= 15 is 0 Å². The molecule has 7 nitrogen and oxygen atoms in total. The van der Waals surface area contributed by atoms with Crippen LogP contribution in [-0.4, -0.2) is 39.6 Å². The van der Waals surface area contributed by atoms with E-state index in [1.54, 1.807) is 13.2 Å². The predicted octanol–water partition coefficient (Wildman–Crippen LogP) is 4.67. The number of aromatic nitrogens is 3. The summed E-state index contributed by atoms with van der Waals surface area (Å²) in [6, 6.07) is 7.94. The minimum atomic E-state index is 0.0342. The molecule has 0 unspecified atom stereocenters. The van der Waals surface area contributed by atoms with Crippen LogP contribution in [0.5, 0.6) is 5.75 Å². The summed E-state index contributed by atoms with van der Waals surface area (Å²) in [6.45, 7) is 6.58. The zero-order valence-corrected chi connectivity index (χ0v) is 18.8. The number of para-hydroxylation sites is 1. The van der Waals surface area contributed by atoms with Crippen molar-refractivity contribution in [2.75, 3.05) is 12.9 Å². The van der Waals surface area contributed by atoms with Crippen LogP contribution in [-0.2, 0) is 11.3 Å². The van der Waals surface area contributed by atoms with Crippen molar-refractivity contribution in [2.45, 2.75) is 50.4 Å². The number of hydrogen-bond acceptors (Lipinski definition) is 6. The van der Waals surface area contributed by atoms with Gasteiger partial charge in [0.05, 0.1) is 12.9 Å². The lowest BCUT2D eigenvalue weighted by molar-refractivity contribution is -0.119. The Bertz CT molecular complexity index is 1070. The highest BCUT2D eigenvalue weighted by Gasteiger charge is 2.24. The second-order valence-electron chi connectivity index (χ2n) is 7.92. The molecule has 164 valence electrons. The summed E-state index contributed by atoms with van der Waals surface area (Å²) in [5, 5.41) is 13.4. The van der Waals surface area contributed by atoms with Gasteiger partial charge in [-0.25, -0.2) is 0 Å². The van der Waals surface area contributed by atoms with Gasteiger partial charge in [-0.2, -0.15) is 0 Å². The Morgan fingerprint density at radius 3 is 3.00 bits per heavy atom. The summed E-state index contributed by atoms with van der Waals surface area (Å²) in [5.74, 6) is 2.73. The molecule has 1 amide bonds. The second-order valence-corrected chi connectivity index (χ2v) is 8.86. The van der Waals surface area contributed by atoms with Crippen molar-refractivity contribution in [3.05, 3.63) is 36.9 Å². The number of benzene rings is 1. The number of methoxy groups -OCH3 is 1. The molecular formula is C23H28N4O3S. The van der Waals surface area contributed by atoms with Crippen molar-refractivity contribution in [1.82, 2.24) is 20.1 Å². The smallest absolute Gasteiger partial charge is 0.230 e. The van der Waals surface area contributed by atoms with E-state index in [2.05, 4.69) is 29.0 Å². The number of thioether (sulfide) groups is 1. The lowest BCUT2D eigenvalue weighted by Crippen LogP contribution is -2.41. The Labute approximate surface area is 186 Å². The fourth-order valence-electron chi connectivity index (χ4n) is 4.09. The number of rotatable bonds is 8. The van der Waals surface area contributed by atoms with E-state index < -0.39 is 0 Å². The SMILES string of the molecule is C=CCn1c(SCC(=O)N[C@@H]2CCCC[C@H]2C)nnc1-c1cc2cccc(OC)c2o1. The summed E-state index contributed by atoms with van der Waals surface area (Å²) in [5.41, 5.74) is 0.670. The largest absolute Gasteiger partial charge is 0.493 e. The average Bonchev–Trinajstić information content (AvgIpc) is 3.38. The van der Waals surface area contributed by atoms with Gasteiger partial charge in [0.1, 0.15) is 0 Å². The first-order valence-corrected chi connectivity index (χ1v) is 11.6. The highest BCUT2D eigenvalue weighted by molar-refractivity contribution is 7.99. The summed E-state index contributed by atoms with van der Waals surface area (Å²) >= 11 is 1.38. The first-order valence-electron chi connectivity index (χ1n) is 10.6. The van der Waals surface area contributed by atoms with Gasteiger partial charge in [0, 0.05) is 18.0 Å². The van der Waals surface area contributed by atoms with E-state index in [9.17, 15) is 4.79 Å². The maximum absolute atomic E-state index is 12.5. The van der Waals surface area contributed by atoms with Gasteiger partial charge in [-0.1, -0.05) is 49.7 Å². The number of amides is 1. The van der Waals surface area contributed by atoms with Crippen LogP contribution in [0.1, 0.15) is 32.6 Å². The minimum Gasteiger partial charge on any atom is -0.493 e. The number of allylic oxidation sites excluding steroid dienone is 1. The Morgan fingerprint density at radius 2 is 2.23 bits per heavy atom. The lowest BCUT2D eigenvalue weighted by Gasteiger charge is -2.29. The van der Waals surface area contributed by atoms with E-state index in [-0.39, 0.29) is 11.9 Å². The molecule has 2 atom stereocenters. The van der Waals surface area contributed by atoms with Crippen molar-refractivity contribution in [2.24, 2.45) is 5.92 Å². The summed E-state index contributed by atoms with van der Waals surface area (Å²) < 4.78 is 13.4. The molecule has 1 aliphatic carbocycles. The number of hydrogen-bond donors (Lipinski definition) is 1. The topological polar surface area (TPSA) is 82.2 Å². The number of fused-ring (bicyclic) bond motifs is 1. The maximum Gasteiger partial charge on any atom is 0.230 e. The molecule has 0 saturated heterocycles. The summed E-state index contributed by atoms with van der Waals surface area (Å²) in [7, 11) is 1.62. The minimum absolute atomic E-state index is 0.0342.